The Morgan fingerprint density at radius 2 is 1.94 bits per heavy atom. The fourth-order valence-electron chi connectivity index (χ4n) is 4.45. The number of hydrogen-bond donors (Lipinski definition) is 2. The molecule has 1 fully saturated rings. The molecule has 1 aliphatic heterocycles. The average molecular weight is 462 g/mol. The molecule has 34 heavy (non-hydrogen) atoms. The third-order valence-corrected chi connectivity index (χ3v) is 6.35. The lowest BCUT2D eigenvalue weighted by molar-refractivity contribution is -0.144. The number of ether oxygens (including phenoxy) is 1. The van der Waals surface area contributed by atoms with Gasteiger partial charge in [0.05, 0.1) is 0 Å². The fraction of sp³-hybridized carbons (Fsp3) is 0.320. The summed E-state index contributed by atoms with van der Waals surface area (Å²) in [7, 11) is 0. The molecular formula is C25H27N5O4. The van der Waals surface area contributed by atoms with E-state index in [2.05, 4.69) is 20.2 Å². The standard InChI is InChI=1S/C25H27N5O4/c1-17-23(28-34-27-17)15-29-9-11-30(12-10-29)24(25(31)32)21-14-26-22-13-19(7-8-20(21)22)33-16-18-5-3-2-4-6-18/h2-8,13-14,24,26H,9-12,15-16H2,1H3,(H,31,32)/t24-/m1/s1. The van der Waals surface area contributed by atoms with Gasteiger partial charge in [-0.1, -0.05) is 40.6 Å². The molecule has 2 aromatic carbocycles. The minimum absolute atomic E-state index is 0.478. The summed E-state index contributed by atoms with van der Waals surface area (Å²) < 4.78 is 10.7. The number of aromatic nitrogens is 3. The van der Waals surface area contributed by atoms with Crippen LogP contribution in [0.15, 0.2) is 59.4 Å². The quantitative estimate of drug-likeness (QED) is 0.411. The summed E-state index contributed by atoms with van der Waals surface area (Å²) in [5, 5.41) is 18.8. The summed E-state index contributed by atoms with van der Waals surface area (Å²) in [6.07, 6.45) is 1.81. The van der Waals surface area contributed by atoms with Crippen molar-refractivity contribution in [3.05, 3.63) is 77.2 Å². The summed E-state index contributed by atoms with van der Waals surface area (Å²) >= 11 is 0. The number of fused-ring (bicyclic) bond motifs is 1. The van der Waals surface area contributed by atoms with Crippen LogP contribution in [0.1, 0.15) is 28.6 Å². The highest BCUT2D eigenvalue weighted by Crippen LogP contribution is 2.32. The van der Waals surface area contributed by atoms with Crippen LogP contribution in [0.25, 0.3) is 10.9 Å². The van der Waals surface area contributed by atoms with Crippen LogP contribution in [-0.2, 0) is 17.9 Å². The summed E-state index contributed by atoms with van der Waals surface area (Å²) in [6, 6.07) is 15.0. The molecule has 1 atom stereocenters. The van der Waals surface area contributed by atoms with Crippen molar-refractivity contribution >= 4 is 16.9 Å². The monoisotopic (exact) mass is 461 g/mol. The number of benzene rings is 2. The third kappa shape index (κ3) is 4.66. The first-order chi connectivity index (χ1) is 16.6. The van der Waals surface area contributed by atoms with Crippen molar-refractivity contribution in [2.24, 2.45) is 0 Å². The number of carboxylic acids is 1. The molecule has 0 radical (unpaired) electrons. The highest BCUT2D eigenvalue weighted by atomic mass is 16.6. The fourth-order valence-corrected chi connectivity index (χ4v) is 4.45. The maximum atomic E-state index is 12.3. The van der Waals surface area contributed by atoms with Crippen LogP contribution in [0, 0.1) is 6.92 Å². The molecule has 5 rings (SSSR count). The van der Waals surface area contributed by atoms with Gasteiger partial charge in [-0.15, -0.1) is 0 Å². The van der Waals surface area contributed by atoms with Crippen molar-refractivity contribution in [1.29, 1.82) is 0 Å². The molecule has 3 heterocycles. The van der Waals surface area contributed by atoms with Crippen LogP contribution in [0.3, 0.4) is 0 Å². The Morgan fingerprint density at radius 3 is 2.65 bits per heavy atom. The highest BCUT2D eigenvalue weighted by Gasteiger charge is 2.32. The zero-order chi connectivity index (χ0) is 23.5. The zero-order valence-corrected chi connectivity index (χ0v) is 19.0. The number of nitrogens with one attached hydrogen (secondary N) is 1. The Morgan fingerprint density at radius 1 is 1.15 bits per heavy atom. The van der Waals surface area contributed by atoms with Gasteiger partial charge in [0.1, 0.15) is 29.8 Å². The molecule has 0 amide bonds. The van der Waals surface area contributed by atoms with Crippen molar-refractivity contribution in [3.63, 3.8) is 0 Å². The van der Waals surface area contributed by atoms with E-state index in [9.17, 15) is 9.90 Å². The summed E-state index contributed by atoms with van der Waals surface area (Å²) in [6.45, 7) is 5.79. The van der Waals surface area contributed by atoms with Crippen LogP contribution in [0.4, 0.5) is 0 Å². The predicted octanol–water partition coefficient (Wildman–Crippen LogP) is 3.38. The van der Waals surface area contributed by atoms with Gasteiger partial charge < -0.3 is 14.8 Å². The van der Waals surface area contributed by atoms with E-state index in [1.807, 2.05) is 60.4 Å². The van der Waals surface area contributed by atoms with E-state index >= 15 is 0 Å². The molecule has 1 saturated heterocycles. The first-order valence-corrected chi connectivity index (χ1v) is 11.3. The molecule has 0 saturated carbocycles. The molecule has 2 N–H and O–H groups in total. The van der Waals surface area contributed by atoms with Crippen molar-refractivity contribution in [1.82, 2.24) is 25.1 Å². The first-order valence-electron chi connectivity index (χ1n) is 11.3. The molecule has 9 heteroatoms. The molecule has 4 aromatic rings. The number of aliphatic carboxylic acids is 1. The Labute approximate surface area is 196 Å². The number of piperazine rings is 1. The van der Waals surface area contributed by atoms with E-state index in [1.165, 1.54) is 0 Å². The van der Waals surface area contributed by atoms with Crippen LogP contribution < -0.4 is 4.74 Å². The Bertz CT molecular complexity index is 1260. The van der Waals surface area contributed by atoms with E-state index in [0.29, 0.717) is 26.2 Å². The molecule has 0 aliphatic carbocycles. The predicted molar refractivity (Wildman–Crippen MR) is 125 cm³/mol. The van der Waals surface area contributed by atoms with Gasteiger partial charge in [-0.3, -0.25) is 14.6 Å². The number of aryl methyl sites for hydroxylation is 1. The van der Waals surface area contributed by atoms with Gasteiger partial charge in [-0.05, 0) is 24.6 Å². The van der Waals surface area contributed by atoms with E-state index < -0.39 is 12.0 Å². The smallest absolute Gasteiger partial charge is 0.325 e. The second kappa shape index (κ2) is 9.66. The Balaban J connectivity index is 1.28. The molecule has 9 nitrogen and oxygen atoms in total. The van der Waals surface area contributed by atoms with Crippen molar-refractivity contribution in [3.8, 4) is 5.75 Å². The lowest BCUT2D eigenvalue weighted by atomic mass is 10.0. The first kappa shape index (κ1) is 22.1. The molecule has 2 aromatic heterocycles. The van der Waals surface area contributed by atoms with Crippen molar-refractivity contribution < 1.29 is 19.3 Å². The molecule has 1 aliphatic rings. The summed E-state index contributed by atoms with van der Waals surface area (Å²) in [5.74, 6) is -0.113. The number of carbonyl (C=O) groups is 1. The van der Waals surface area contributed by atoms with Gasteiger partial charge in [-0.2, -0.15) is 0 Å². The van der Waals surface area contributed by atoms with E-state index in [0.717, 1.165) is 52.3 Å². The average Bonchev–Trinajstić information content (AvgIpc) is 3.45. The SMILES string of the molecule is Cc1nonc1CN1CCN([C@@H](C(=O)O)c2c[nH]c3cc(OCc4ccccc4)ccc23)CC1. The van der Waals surface area contributed by atoms with Gasteiger partial charge in [-0.25, -0.2) is 4.63 Å². The maximum Gasteiger partial charge on any atom is 0.325 e. The number of H-pyrrole nitrogens is 1. The van der Waals surface area contributed by atoms with E-state index in [4.69, 9.17) is 9.37 Å². The van der Waals surface area contributed by atoms with Gasteiger partial charge in [0.2, 0.25) is 0 Å². The highest BCUT2D eigenvalue weighted by molar-refractivity contribution is 5.90. The molecule has 0 spiro atoms. The minimum Gasteiger partial charge on any atom is -0.489 e. The second-order valence-electron chi connectivity index (χ2n) is 8.57. The number of aromatic amines is 1. The van der Waals surface area contributed by atoms with Crippen molar-refractivity contribution in [2.45, 2.75) is 26.1 Å². The maximum absolute atomic E-state index is 12.3. The van der Waals surface area contributed by atoms with E-state index in [-0.39, 0.29) is 0 Å². The van der Waals surface area contributed by atoms with Crippen molar-refractivity contribution in [2.75, 3.05) is 26.2 Å². The van der Waals surface area contributed by atoms with Gasteiger partial charge in [0, 0.05) is 61.5 Å². The normalized spacial score (nSPS) is 16.0. The van der Waals surface area contributed by atoms with Crippen LogP contribution >= 0.6 is 0 Å². The second-order valence-corrected chi connectivity index (χ2v) is 8.57. The largest absolute Gasteiger partial charge is 0.489 e. The lowest BCUT2D eigenvalue weighted by Gasteiger charge is -2.37. The Kier molecular flexibility index (Phi) is 6.29. The third-order valence-electron chi connectivity index (χ3n) is 6.35. The van der Waals surface area contributed by atoms with Gasteiger partial charge >= 0.3 is 5.97 Å². The number of rotatable bonds is 8. The number of hydrogen-bond acceptors (Lipinski definition) is 7. The molecule has 176 valence electrons. The van der Waals surface area contributed by atoms with Gasteiger partial charge in [0.25, 0.3) is 0 Å². The zero-order valence-electron chi connectivity index (χ0n) is 19.0. The van der Waals surface area contributed by atoms with Gasteiger partial charge in [0.15, 0.2) is 0 Å². The topological polar surface area (TPSA) is 108 Å². The number of nitrogens with zero attached hydrogens (tertiary/aromatic N) is 4. The Hall–Kier alpha value is -3.69. The lowest BCUT2D eigenvalue weighted by Crippen LogP contribution is -2.48. The molecular weight excluding hydrogens is 434 g/mol. The summed E-state index contributed by atoms with van der Waals surface area (Å²) in [4.78, 5) is 19.8. The molecule has 0 unspecified atom stereocenters. The van der Waals surface area contributed by atoms with Crippen LogP contribution in [-0.4, -0.2) is 62.4 Å². The van der Waals surface area contributed by atoms with Crippen LogP contribution in [0.5, 0.6) is 5.75 Å². The van der Waals surface area contributed by atoms with Crippen LogP contribution in [0.2, 0.25) is 0 Å². The number of carboxylic acid groups (broad SMARTS) is 1. The van der Waals surface area contributed by atoms with E-state index in [1.54, 1.807) is 6.20 Å². The molecule has 0 bridgehead atoms. The minimum atomic E-state index is -0.852. The summed E-state index contributed by atoms with van der Waals surface area (Å²) in [5.41, 5.74) is 4.33.